The summed E-state index contributed by atoms with van der Waals surface area (Å²) in [6.45, 7) is 4.00. The maximum Gasteiger partial charge on any atom is 0.0713 e. The lowest BCUT2D eigenvalue weighted by Crippen LogP contribution is -2.28. The summed E-state index contributed by atoms with van der Waals surface area (Å²) in [6.07, 6.45) is 0. The van der Waals surface area contributed by atoms with Crippen molar-refractivity contribution in [1.82, 2.24) is 0 Å². The van der Waals surface area contributed by atoms with E-state index in [-0.39, 0.29) is 5.41 Å². The molecule has 1 aliphatic carbocycles. The van der Waals surface area contributed by atoms with Gasteiger partial charge in [-0.3, -0.25) is 0 Å². The molecule has 0 amide bonds. The Morgan fingerprint density at radius 3 is 1.59 bits per heavy atom. The highest BCUT2D eigenvalue weighted by Gasteiger charge is 2.45. The first-order chi connectivity index (χ1) is 18.4. The van der Waals surface area contributed by atoms with Gasteiger partial charge in [0.25, 0.3) is 0 Å². The molecule has 6 aromatic carbocycles. The Labute approximate surface area is 219 Å². The van der Waals surface area contributed by atoms with Crippen molar-refractivity contribution < 1.29 is 0 Å². The molecule has 0 atom stereocenters. The van der Waals surface area contributed by atoms with Crippen molar-refractivity contribution in [2.45, 2.75) is 19.3 Å². The molecular formula is C37H30. The van der Waals surface area contributed by atoms with E-state index in [0.717, 1.165) is 0 Å². The van der Waals surface area contributed by atoms with Gasteiger partial charge < -0.3 is 0 Å². The van der Waals surface area contributed by atoms with Crippen LogP contribution in [0.1, 0.15) is 36.1 Å². The fourth-order valence-corrected chi connectivity index (χ4v) is 5.99. The standard InChI is InChI=1S/C35H24.C2H6/c1-3-13-29(14-4-1)35(30-15-5-2-6-16-30)33-18-10-9-17-31(33)32-22-21-28(24-34(32)35)27-20-19-25-11-7-8-12-26(25)23-27;1-2/h1-24H;1-2H3. The third-order valence-electron chi connectivity index (χ3n) is 7.54. The Morgan fingerprint density at radius 1 is 0.378 bits per heavy atom. The average molecular weight is 475 g/mol. The molecule has 7 rings (SSSR count). The number of hydrogen-bond acceptors (Lipinski definition) is 0. The van der Waals surface area contributed by atoms with Gasteiger partial charge in [-0.2, -0.15) is 0 Å². The largest absolute Gasteiger partial charge is 0.0713 e. The van der Waals surface area contributed by atoms with Crippen LogP contribution in [0.5, 0.6) is 0 Å². The molecule has 0 fully saturated rings. The first-order valence-electron chi connectivity index (χ1n) is 13.2. The lowest BCUT2D eigenvalue weighted by molar-refractivity contribution is 0.769. The lowest BCUT2D eigenvalue weighted by Gasteiger charge is -2.34. The van der Waals surface area contributed by atoms with E-state index in [0.29, 0.717) is 0 Å². The molecule has 1 aliphatic rings. The van der Waals surface area contributed by atoms with E-state index in [9.17, 15) is 0 Å². The Hall–Kier alpha value is -4.42. The molecule has 0 heteroatoms. The van der Waals surface area contributed by atoms with Gasteiger partial charge in [-0.15, -0.1) is 0 Å². The smallest absolute Gasteiger partial charge is 0.0683 e. The zero-order valence-electron chi connectivity index (χ0n) is 21.4. The summed E-state index contributed by atoms with van der Waals surface area (Å²) in [6, 6.07) is 53.3. The molecule has 0 heterocycles. The topological polar surface area (TPSA) is 0 Å². The van der Waals surface area contributed by atoms with E-state index < -0.39 is 0 Å². The zero-order chi connectivity index (χ0) is 25.2. The Morgan fingerprint density at radius 2 is 0.892 bits per heavy atom. The second-order valence-electron chi connectivity index (χ2n) is 9.35. The maximum atomic E-state index is 2.43. The van der Waals surface area contributed by atoms with E-state index in [2.05, 4.69) is 146 Å². The summed E-state index contributed by atoms with van der Waals surface area (Å²) in [4.78, 5) is 0. The summed E-state index contributed by atoms with van der Waals surface area (Å²) in [7, 11) is 0. The Balaban J connectivity index is 0.00000123. The Bertz CT molecular complexity index is 1640. The van der Waals surface area contributed by atoms with Crippen molar-refractivity contribution >= 4 is 10.8 Å². The third kappa shape index (κ3) is 3.60. The molecule has 178 valence electrons. The van der Waals surface area contributed by atoms with Gasteiger partial charge in [-0.25, -0.2) is 0 Å². The average Bonchev–Trinajstić information content (AvgIpc) is 3.29. The van der Waals surface area contributed by atoms with Crippen molar-refractivity contribution in [2.75, 3.05) is 0 Å². The van der Waals surface area contributed by atoms with Crippen LogP contribution in [0, 0.1) is 0 Å². The lowest BCUT2D eigenvalue weighted by atomic mass is 9.67. The zero-order valence-corrected chi connectivity index (χ0v) is 21.4. The summed E-state index contributed by atoms with van der Waals surface area (Å²) in [5.74, 6) is 0. The van der Waals surface area contributed by atoms with E-state index in [1.54, 1.807) is 0 Å². The molecule has 0 N–H and O–H groups in total. The number of hydrogen-bond donors (Lipinski definition) is 0. The van der Waals surface area contributed by atoms with Crippen LogP contribution in [-0.4, -0.2) is 0 Å². The molecule has 0 saturated heterocycles. The highest BCUT2D eigenvalue weighted by Crippen LogP contribution is 2.56. The monoisotopic (exact) mass is 474 g/mol. The molecule has 6 aromatic rings. The summed E-state index contributed by atoms with van der Waals surface area (Å²) >= 11 is 0. The fourth-order valence-electron chi connectivity index (χ4n) is 5.99. The molecule has 0 nitrogen and oxygen atoms in total. The fraction of sp³-hybridized carbons (Fsp3) is 0.0811. The van der Waals surface area contributed by atoms with E-state index in [1.165, 1.54) is 55.3 Å². The second kappa shape index (κ2) is 9.56. The predicted octanol–water partition coefficient (Wildman–Crippen LogP) is 9.90. The third-order valence-corrected chi connectivity index (χ3v) is 7.54. The highest BCUT2D eigenvalue weighted by molar-refractivity contribution is 5.91. The molecule has 0 bridgehead atoms. The van der Waals surface area contributed by atoms with Gasteiger partial charge in [0.05, 0.1) is 5.41 Å². The number of benzene rings is 6. The van der Waals surface area contributed by atoms with Gasteiger partial charge in [0, 0.05) is 0 Å². The summed E-state index contributed by atoms with van der Waals surface area (Å²) in [5.41, 5.74) is 10.1. The van der Waals surface area contributed by atoms with Crippen LogP contribution in [0.2, 0.25) is 0 Å². The van der Waals surface area contributed by atoms with Gasteiger partial charge in [0.15, 0.2) is 0 Å². The van der Waals surface area contributed by atoms with Crippen molar-refractivity contribution in [1.29, 1.82) is 0 Å². The highest BCUT2D eigenvalue weighted by atomic mass is 14.5. The first-order valence-corrected chi connectivity index (χ1v) is 13.2. The number of fused-ring (bicyclic) bond motifs is 4. The van der Waals surface area contributed by atoms with Crippen molar-refractivity contribution in [3.63, 3.8) is 0 Å². The SMILES string of the molecule is CC.c1ccc(C2(c3ccccc3)c3ccccc3-c3ccc(-c4ccc5ccccc5c4)cc32)cc1. The van der Waals surface area contributed by atoms with Crippen molar-refractivity contribution in [3.8, 4) is 22.3 Å². The van der Waals surface area contributed by atoms with Gasteiger partial charge >= 0.3 is 0 Å². The molecule has 0 spiro atoms. The molecule has 0 radical (unpaired) electrons. The number of rotatable bonds is 3. The van der Waals surface area contributed by atoms with Crippen LogP contribution in [-0.2, 0) is 5.41 Å². The van der Waals surface area contributed by atoms with Gasteiger partial charge in [0.2, 0.25) is 0 Å². The van der Waals surface area contributed by atoms with Crippen LogP contribution in [0.25, 0.3) is 33.0 Å². The van der Waals surface area contributed by atoms with E-state index in [1.807, 2.05) is 13.8 Å². The molecule has 0 aromatic heterocycles. The van der Waals surface area contributed by atoms with Gasteiger partial charge in [0.1, 0.15) is 0 Å². The van der Waals surface area contributed by atoms with Gasteiger partial charge in [-0.1, -0.05) is 147 Å². The van der Waals surface area contributed by atoms with Crippen molar-refractivity contribution in [3.05, 3.63) is 168 Å². The molecule has 0 unspecified atom stereocenters. The Kier molecular flexibility index (Phi) is 5.94. The van der Waals surface area contributed by atoms with Crippen LogP contribution in [0.4, 0.5) is 0 Å². The molecule has 37 heavy (non-hydrogen) atoms. The summed E-state index contributed by atoms with van der Waals surface area (Å²) < 4.78 is 0. The van der Waals surface area contributed by atoms with Crippen LogP contribution < -0.4 is 0 Å². The predicted molar refractivity (Wildman–Crippen MR) is 158 cm³/mol. The maximum absolute atomic E-state index is 2.43. The molecule has 0 saturated carbocycles. The van der Waals surface area contributed by atoms with Crippen LogP contribution >= 0.6 is 0 Å². The quantitative estimate of drug-likeness (QED) is 0.239. The minimum absolute atomic E-state index is 0.360. The molecular weight excluding hydrogens is 444 g/mol. The first kappa shape index (κ1) is 23.0. The van der Waals surface area contributed by atoms with Gasteiger partial charge in [-0.05, 0) is 67.4 Å². The minimum Gasteiger partial charge on any atom is -0.0683 e. The summed E-state index contributed by atoms with van der Waals surface area (Å²) in [5, 5.41) is 2.54. The van der Waals surface area contributed by atoms with Crippen molar-refractivity contribution in [2.24, 2.45) is 0 Å². The molecule has 0 aliphatic heterocycles. The minimum atomic E-state index is -0.360. The normalized spacial score (nSPS) is 12.8. The van der Waals surface area contributed by atoms with E-state index >= 15 is 0 Å². The van der Waals surface area contributed by atoms with Crippen LogP contribution in [0.3, 0.4) is 0 Å². The van der Waals surface area contributed by atoms with Crippen LogP contribution in [0.15, 0.2) is 146 Å². The van der Waals surface area contributed by atoms with E-state index in [4.69, 9.17) is 0 Å². The second-order valence-corrected chi connectivity index (χ2v) is 9.35.